The van der Waals surface area contributed by atoms with Gasteiger partial charge in [0, 0.05) is 32.7 Å². The van der Waals surface area contributed by atoms with Gasteiger partial charge in [-0.2, -0.15) is 0 Å². The number of carbonyl (C=O) groups is 1. The molecule has 1 amide bonds. The maximum atomic E-state index is 12.2. The first-order valence-electron chi connectivity index (χ1n) is 8.29. The van der Waals surface area contributed by atoms with E-state index in [0.717, 1.165) is 38.3 Å². The van der Waals surface area contributed by atoms with E-state index in [1.165, 1.54) is 0 Å². The van der Waals surface area contributed by atoms with Crippen molar-refractivity contribution >= 4 is 6.09 Å². The molecule has 1 fully saturated rings. The van der Waals surface area contributed by atoms with Crippen LogP contribution in [0.4, 0.5) is 4.79 Å². The van der Waals surface area contributed by atoms with Gasteiger partial charge < -0.3 is 15.0 Å². The van der Waals surface area contributed by atoms with Gasteiger partial charge >= 0.3 is 6.09 Å². The van der Waals surface area contributed by atoms with E-state index in [9.17, 15) is 4.79 Å². The second-order valence-electron chi connectivity index (χ2n) is 7.21. The number of piperazine rings is 1. The van der Waals surface area contributed by atoms with E-state index in [1.807, 2.05) is 39.0 Å². The van der Waals surface area contributed by atoms with Crippen molar-refractivity contribution < 1.29 is 9.53 Å². The van der Waals surface area contributed by atoms with Gasteiger partial charge in [-0.3, -0.25) is 4.90 Å². The highest BCUT2D eigenvalue weighted by atomic mass is 16.6. The highest BCUT2D eigenvalue weighted by Crippen LogP contribution is 2.17. The topological polar surface area (TPSA) is 44.8 Å². The maximum Gasteiger partial charge on any atom is 0.408 e. The van der Waals surface area contributed by atoms with E-state index in [4.69, 9.17) is 4.74 Å². The number of alkyl carbamates (subject to hydrolysis) is 1. The number of amides is 1. The fraction of sp³-hybridized carbons (Fsp3) is 0.611. The van der Waals surface area contributed by atoms with Gasteiger partial charge in [0.2, 0.25) is 0 Å². The molecule has 0 aliphatic carbocycles. The molecule has 1 aliphatic heterocycles. The van der Waals surface area contributed by atoms with Crippen LogP contribution in [0.2, 0.25) is 0 Å². The Balaban J connectivity index is 2.02. The summed E-state index contributed by atoms with van der Waals surface area (Å²) in [6.45, 7) is 10.6. The first-order chi connectivity index (χ1) is 10.8. The normalized spacial score (nSPS) is 18.4. The van der Waals surface area contributed by atoms with Crippen molar-refractivity contribution in [1.29, 1.82) is 0 Å². The highest BCUT2D eigenvalue weighted by Gasteiger charge is 2.23. The van der Waals surface area contributed by atoms with E-state index in [0.29, 0.717) is 0 Å². The van der Waals surface area contributed by atoms with Crippen molar-refractivity contribution in [3.05, 3.63) is 35.9 Å². The summed E-state index contributed by atoms with van der Waals surface area (Å²) in [7, 11) is 2.14. The molecule has 128 valence electrons. The largest absolute Gasteiger partial charge is 0.444 e. The van der Waals surface area contributed by atoms with Gasteiger partial charge in [-0.1, -0.05) is 30.3 Å². The molecule has 1 heterocycles. The average molecular weight is 319 g/mol. The van der Waals surface area contributed by atoms with E-state index < -0.39 is 5.60 Å². The van der Waals surface area contributed by atoms with Crippen molar-refractivity contribution in [1.82, 2.24) is 15.1 Å². The fourth-order valence-corrected chi connectivity index (χ4v) is 2.66. The smallest absolute Gasteiger partial charge is 0.408 e. The maximum absolute atomic E-state index is 12.2. The number of likely N-dealkylation sites (N-methyl/N-ethyl adjacent to an activating group) is 1. The molecule has 0 radical (unpaired) electrons. The number of nitrogens with zero attached hydrogens (tertiary/aromatic N) is 2. The average Bonchev–Trinajstić information content (AvgIpc) is 2.48. The van der Waals surface area contributed by atoms with Gasteiger partial charge in [0.15, 0.2) is 0 Å². The zero-order valence-corrected chi connectivity index (χ0v) is 14.7. The zero-order valence-electron chi connectivity index (χ0n) is 14.7. The van der Waals surface area contributed by atoms with Crippen LogP contribution in [-0.2, 0) is 4.74 Å². The molecule has 0 aromatic heterocycles. The van der Waals surface area contributed by atoms with Crippen LogP contribution in [-0.4, -0.2) is 61.3 Å². The van der Waals surface area contributed by atoms with Gasteiger partial charge in [0.05, 0.1) is 6.04 Å². The quantitative estimate of drug-likeness (QED) is 0.926. The molecule has 1 N–H and O–H groups in total. The number of benzene rings is 1. The Morgan fingerprint density at radius 2 is 1.78 bits per heavy atom. The van der Waals surface area contributed by atoms with Crippen LogP contribution >= 0.6 is 0 Å². The lowest BCUT2D eigenvalue weighted by Gasteiger charge is -2.35. The van der Waals surface area contributed by atoms with Crippen molar-refractivity contribution in [2.75, 3.05) is 39.8 Å². The summed E-state index contributed by atoms with van der Waals surface area (Å²) in [5.74, 6) is 0. The minimum absolute atomic E-state index is 0.0607. The van der Waals surface area contributed by atoms with Gasteiger partial charge in [-0.15, -0.1) is 0 Å². The second-order valence-corrected chi connectivity index (χ2v) is 7.21. The third kappa shape index (κ3) is 6.20. The molecule has 23 heavy (non-hydrogen) atoms. The predicted octanol–water partition coefficient (Wildman–Crippen LogP) is 2.50. The SMILES string of the molecule is CN1CCN(C[C@H](NC(=O)OC(C)(C)C)c2ccccc2)CC1. The van der Waals surface area contributed by atoms with E-state index in [2.05, 4.69) is 34.3 Å². The number of hydrogen-bond donors (Lipinski definition) is 1. The standard InChI is InChI=1S/C18H29N3O2/c1-18(2,3)23-17(22)19-16(15-8-6-5-7-9-15)14-21-12-10-20(4)11-13-21/h5-9,16H,10-14H2,1-4H3,(H,19,22)/t16-/m0/s1. The van der Waals surface area contributed by atoms with Crippen molar-refractivity contribution in [3.8, 4) is 0 Å². The minimum atomic E-state index is -0.487. The van der Waals surface area contributed by atoms with Crippen LogP contribution in [0.25, 0.3) is 0 Å². The summed E-state index contributed by atoms with van der Waals surface area (Å²) in [6, 6.07) is 10.0. The summed E-state index contributed by atoms with van der Waals surface area (Å²) in [4.78, 5) is 16.9. The Morgan fingerprint density at radius 1 is 1.17 bits per heavy atom. The number of nitrogens with one attached hydrogen (secondary N) is 1. The molecule has 5 heteroatoms. The summed E-state index contributed by atoms with van der Waals surface area (Å²) >= 11 is 0. The molecule has 2 rings (SSSR count). The van der Waals surface area contributed by atoms with Crippen LogP contribution in [0.5, 0.6) is 0 Å². The summed E-state index contributed by atoms with van der Waals surface area (Å²) in [6.07, 6.45) is -0.361. The van der Waals surface area contributed by atoms with E-state index >= 15 is 0 Å². The third-order valence-corrected chi connectivity index (χ3v) is 3.93. The molecule has 1 saturated heterocycles. The number of ether oxygens (including phenoxy) is 1. The van der Waals surface area contributed by atoms with Gasteiger partial charge in [0.1, 0.15) is 5.60 Å². The van der Waals surface area contributed by atoms with Crippen LogP contribution < -0.4 is 5.32 Å². The molecule has 1 aromatic carbocycles. The Morgan fingerprint density at radius 3 is 2.35 bits per heavy atom. The number of rotatable bonds is 4. The molecular formula is C18H29N3O2. The Bertz CT molecular complexity index is 491. The Labute approximate surface area is 139 Å². The Hall–Kier alpha value is -1.59. The van der Waals surface area contributed by atoms with Gasteiger partial charge in [0.25, 0.3) is 0 Å². The highest BCUT2D eigenvalue weighted by molar-refractivity contribution is 5.68. The van der Waals surface area contributed by atoms with E-state index in [-0.39, 0.29) is 12.1 Å². The monoisotopic (exact) mass is 319 g/mol. The number of carbonyl (C=O) groups excluding carboxylic acids is 1. The molecule has 5 nitrogen and oxygen atoms in total. The molecule has 0 bridgehead atoms. The fourth-order valence-electron chi connectivity index (χ4n) is 2.66. The van der Waals surface area contributed by atoms with Gasteiger partial charge in [-0.05, 0) is 33.4 Å². The van der Waals surface area contributed by atoms with E-state index in [1.54, 1.807) is 0 Å². The number of hydrogen-bond acceptors (Lipinski definition) is 4. The molecule has 1 aromatic rings. The lowest BCUT2D eigenvalue weighted by molar-refractivity contribution is 0.0481. The van der Waals surface area contributed by atoms with Crippen molar-refractivity contribution in [2.24, 2.45) is 0 Å². The van der Waals surface area contributed by atoms with Crippen LogP contribution in [0.1, 0.15) is 32.4 Å². The van der Waals surface area contributed by atoms with Gasteiger partial charge in [-0.25, -0.2) is 4.79 Å². The predicted molar refractivity (Wildman–Crippen MR) is 92.5 cm³/mol. The minimum Gasteiger partial charge on any atom is -0.444 e. The summed E-state index contributed by atoms with van der Waals surface area (Å²) in [5, 5.41) is 3.03. The lowest BCUT2D eigenvalue weighted by Crippen LogP contribution is -2.48. The van der Waals surface area contributed by atoms with Crippen molar-refractivity contribution in [3.63, 3.8) is 0 Å². The molecule has 0 spiro atoms. The summed E-state index contributed by atoms with van der Waals surface area (Å²) < 4.78 is 5.42. The molecule has 0 saturated carbocycles. The van der Waals surface area contributed by atoms with Crippen LogP contribution in [0.15, 0.2) is 30.3 Å². The second kappa shape index (κ2) is 7.79. The zero-order chi connectivity index (χ0) is 16.9. The summed E-state index contributed by atoms with van der Waals surface area (Å²) in [5.41, 5.74) is 0.622. The van der Waals surface area contributed by atoms with Crippen molar-refractivity contribution in [2.45, 2.75) is 32.4 Å². The first kappa shape index (κ1) is 17.8. The first-order valence-corrected chi connectivity index (χ1v) is 8.29. The molecule has 1 atom stereocenters. The van der Waals surface area contributed by atoms with Crippen LogP contribution in [0, 0.1) is 0 Å². The van der Waals surface area contributed by atoms with Crippen LogP contribution in [0.3, 0.4) is 0 Å². The third-order valence-electron chi connectivity index (χ3n) is 3.93. The molecule has 0 unspecified atom stereocenters. The molecular weight excluding hydrogens is 290 g/mol. The Kier molecular flexibility index (Phi) is 6.02. The molecule has 1 aliphatic rings. The lowest BCUT2D eigenvalue weighted by atomic mass is 10.1.